The highest BCUT2D eigenvalue weighted by Crippen LogP contribution is 2.26. The Labute approximate surface area is 164 Å². The fraction of sp³-hybridized carbons (Fsp3) is 0.826. The number of unbranched alkanes of at least 4 members (excludes halogenated alkanes) is 9. The Kier molecular flexibility index (Phi) is 12.3. The molecular weight excluding hydrogens is 334 g/mol. The fourth-order valence-corrected chi connectivity index (χ4v) is 7.94. The summed E-state index contributed by atoms with van der Waals surface area (Å²) in [6.07, 6.45) is 16.8. The lowest BCUT2D eigenvalue weighted by Gasteiger charge is -2.28. The second-order valence-electron chi connectivity index (χ2n) is 8.12. The third-order valence-electron chi connectivity index (χ3n) is 6.48. The van der Waals surface area contributed by atoms with E-state index >= 15 is 0 Å². The molecule has 0 saturated heterocycles. The van der Waals surface area contributed by atoms with Crippen LogP contribution in [-0.4, -0.2) is 8.07 Å². The van der Waals surface area contributed by atoms with Crippen molar-refractivity contribution in [1.82, 2.24) is 0 Å². The molecule has 2 N–H and O–H groups in total. The maximum Gasteiger partial charge on any atom is 0.132 e. The van der Waals surface area contributed by atoms with Crippen molar-refractivity contribution in [2.24, 2.45) is 5.73 Å². The van der Waals surface area contributed by atoms with Gasteiger partial charge in [0.15, 0.2) is 0 Å². The molecule has 0 aliphatic heterocycles. The van der Waals surface area contributed by atoms with Crippen LogP contribution in [0.15, 0.2) is 16.7 Å². The van der Waals surface area contributed by atoms with E-state index in [9.17, 15) is 0 Å². The van der Waals surface area contributed by atoms with E-state index in [0.29, 0.717) is 0 Å². The summed E-state index contributed by atoms with van der Waals surface area (Å²) < 4.78 is 6.01. The summed E-state index contributed by atoms with van der Waals surface area (Å²) in [4.78, 5) is 0. The van der Waals surface area contributed by atoms with E-state index in [-0.39, 0.29) is 6.04 Å². The van der Waals surface area contributed by atoms with Gasteiger partial charge in [-0.25, -0.2) is 0 Å². The number of furan rings is 1. The molecule has 1 aromatic heterocycles. The molecule has 1 atom stereocenters. The molecule has 1 rings (SSSR count). The van der Waals surface area contributed by atoms with Crippen molar-refractivity contribution in [3.63, 3.8) is 0 Å². The van der Waals surface area contributed by atoms with Crippen LogP contribution in [0.3, 0.4) is 0 Å². The molecule has 2 nitrogen and oxygen atoms in total. The van der Waals surface area contributed by atoms with Gasteiger partial charge in [-0.2, -0.15) is 0 Å². The predicted octanol–water partition coefficient (Wildman–Crippen LogP) is 7.31. The van der Waals surface area contributed by atoms with Crippen LogP contribution >= 0.6 is 0 Å². The van der Waals surface area contributed by atoms with Crippen molar-refractivity contribution in [2.75, 3.05) is 0 Å². The molecule has 0 saturated carbocycles. The molecule has 0 amide bonds. The van der Waals surface area contributed by atoms with Crippen LogP contribution in [0.5, 0.6) is 0 Å². The standard InChI is InChI=1S/C23H45NOSi/c1-5-9-10-11-12-13-14-15-16-17-18-22(24)21-19-20-25-23(21)26(6-2,7-3)8-4/h19-20,22H,5-18,24H2,1-4H3. The van der Waals surface area contributed by atoms with E-state index in [0.717, 1.165) is 6.42 Å². The Hall–Kier alpha value is -0.543. The first kappa shape index (κ1) is 23.5. The lowest BCUT2D eigenvalue weighted by Crippen LogP contribution is -2.47. The summed E-state index contributed by atoms with van der Waals surface area (Å²) in [5.74, 6) is 0. The zero-order valence-electron chi connectivity index (χ0n) is 18.1. The zero-order valence-corrected chi connectivity index (χ0v) is 19.1. The van der Waals surface area contributed by atoms with Gasteiger partial charge < -0.3 is 10.2 Å². The summed E-state index contributed by atoms with van der Waals surface area (Å²) in [6.45, 7) is 9.28. The van der Waals surface area contributed by atoms with Crippen molar-refractivity contribution in [1.29, 1.82) is 0 Å². The Morgan fingerprint density at radius 2 is 1.31 bits per heavy atom. The third-order valence-corrected chi connectivity index (χ3v) is 11.9. The lowest BCUT2D eigenvalue weighted by atomic mass is 10.0. The summed E-state index contributed by atoms with van der Waals surface area (Å²) in [6, 6.07) is 6.08. The van der Waals surface area contributed by atoms with E-state index < -0.39 is 8.07 Å². The summed E-state index contributed by atoms with van der Waals surface area (Å²) in [5.41, 5.74) is 7.89. The van der Waals surface area contributed by atoms with Crippen molar-refractivity contribution >= 4 is 13.5 Å². The van der Waals surface area contributed by atoms with E-state index in [1.807, 2.05) is 6.26 Å². The smallest absolute Gasteiger partial charge is 0.132 e. The molecule has 1 aromatic rings. The summed E-state index contributed by atoms with van der Waals surface area (Å²) >= 11 is 0. The molecule has 0 spiro atoms. The average molecular weight is 380 g/mol. The van der Waals surface area contributed by atoms with E-state index in [4.69, 9.17) is 10.2 Å². The van der Waals surface area contributed by atoms with Gasteiger partial charge in [-0.15, -0.1) is 0 Å². The van der Waals surface area contributed by atoms with Gasteiger partial charge >= 0.3 is 0 Å². The molecule has 26 heavy (non-hydrogen) atoms. The van der Waals surface area contributed by atoms with Crippen LogP contribution < -0.4 is 11.1 Å². The van der Waals surface area contributed by atoms with Gasteiger partial charge in [0.25, 0.3) is 0 Å². The molecule has 1 unspecified atom stereocenters. The average Bonchev–Trinajstić information content (AvgIpc) is 3.15. The summed E-state index contributed by atoms with van der Waals surface area (Å²) in [5, 5.41) is 1.30. The number of nitrogens with two attached hydrogens (primary N) is 1. The van der Waals surface area contributed by atoms with Gasteiger partial charge in [-0.3, -0.25) is 0 Å². The molecular formula is C23H45NOSi. The van der Waals surface area contributed by atoms with Crippen LogP contribution in [0.25, 0.3) is 0 Å². The number of rotatable bonds is 16. The van der Waals surface area contributed by atoms with E-state index in [1.165, 1.54) is 93.3 Å². The van der Waals surface area contributed by atoms with Crippen LogP contribution in [0.2, 0.25) is 18.1 Å². The number of hydrogen-bond acceptors (Lipinski definition) is 2. The maximum absolute atomic E-state index is 6.57. The van der Waals surface area contributed by atoms with Crippen LogP contribution in [0.4, 0.5) is 0 Å². The summed E-state index contributed by atoms with van der Waals surface area (Å²) in [7, 11) is -1.47. The Balaban J connectivity index is 2.30. The van der Waals surface area contributed by atoms with Gasteiger partial charge in [0.1, 0.15) is 8.07 Å². The normalized spacial score (nSPS) is 13.3. The van der Waals surface area contributed by atoms with Crippen molar-refractivity contribution in [3.05, 3.63) is 17.9 Å². The first-order valence-electron chi connectivity index (χ1n) is 11.5. The molecule has 3 heteroatoms. The monoisotopic (exact) mass is 379 g/mol. The maximum atomic E-state index is 6.57. The fourth-order valence-electron chi connectivity index (χ4n) is 4.28. The highest BCUT2D eigenvalue weighted by Gasteiger charge is 2.35. The first-order chi connectivity index (χ1) is 12.6. The Morgan fingerprint density at radius 1 is 0.808 bits per heavy atom. The second-order valence-corrected chi connectivity index (χ2v) is 13.3. The van der Waals surface area contributed by atoms with Gasteiger partial charge in [-0.05, 0) is 12.5 Å². The third kappa shape index (κ3) is 7.23. The molecule has 1 heterocycles. The zero-order chi connectivity index (χ0) is 19.3. The second kappa shape index (κ2) is 13.6. The molecule has 0 radical (unpaired) electrons. The molecule has 0 aromatic carbocycles. The molecule has 152 valence electrons. The van der Waals surface area contributed by atoms with Crippen molar-refractivity contribution in [2.45, 2.75) is 122 Å². The molecule has 0 aliphatic rings. The minimum Gasteiger partial charge on any atom is -0.474 e. The van der Waals surface area contributed by atoms with E-state index in [1.54, 1.807) is 0 Å². The quantitative estimate of drug-likeness (QED) is 0.241. The van der Waals surface area contributed by atoms with Crippen molar-refractivity contribution in [3.8, 4) is 0 Å². The van der Waals surface area contributed by atoms with Gasteiger partial charge in [-0.1, -0.05) is 110 Å². The van der Waals surface area contributed by atoms with E-state index in [2.05, 4.69) is 33.8 Å². The highest BCUT2D eigenvalue weighted by molar-refractivity contribution is 6.91. The van der Waals surface area contributed by atoms with Gasteiger partial charge in [0.05, 0.1) is 11.6 Å². The Bertz CT molecular complexity index is 445. The molecule has 0 bridgehead atoms. The first-order valence-corrected chi connectivity index (χ1v) is 14.1. The van der Waals surface area contributed by atoms with Crippen LogP contribution in [-0.2, 0) is 0 Å². The minimum atomic E-state index is -1.47. The highest BCUT2D eigenvalue weighted by atomic mass is 28.3. The van der Waals surface area contributed by atoms with Crippen LogP contribution in [0.1, 0.15) is 110 Å². The lowest BCUT2D eigenvalue weighted by molar-refractivity contribution is 0.527. The minimum absolute atomic E-state index is 0.161. The van der Waals surface area contributed by atoms with Crippen molar-refractivity contribution < 1.29 is 4.42 Å². The number of hydrogen-bond donors (Lipinski definition) is 1. The van der Waals surface area contributed by atoms with Crippen LogP contribution in [0, 0.1) is 0 Å². The molecule has 0 aliphatic carbocycles. The van der Waals surface area contributed by atoms with Gasteiger partial charge in [0, 0.05) is 11.6 Å². The predicted molar refractivity (Wildman–Crippen MR) is 119 cm³/mol. The SMILES string of the molecule is CCCCCCCCCCCCC(N)c1ccoc1[Si](CC)(CC)CC. The molecule has 0 fully saturated rings. The van der Waals surface area contributed by atoms with Gasteiger partial charge in [0.2, 0.25) is 0 Å². The Morgan fingerprint density at radius 3 is 1.81 bits per heavy atom. The topological polar surface area (TPSA) is 39.2 Å². The largest absolute Gasteiger partial charge is 0.474 e.